The van der Waals surface area contributed by atoms with Crippen molar-refractivity contribution in [3.8, 4) is 0 Å². The first-order valence-electron chi connectivity index (χ1n) is 5.70. The summed E-state index contributed by atoms with van der Waals surface area (Å²) in [7, 11) is 0. The standard InChI is InChI=1S/C11H22N2OS/c1-9(2)7-14-6-4-5-12-11-13-10(3)8-15-11/h9-10H,4-8H2,1-3H3,(H,12,13). The van der Waals surface area contributed by atoms with Gasteiger partial charge in [0.1, 0.15) is 0 Å². The number of hydrogen-bond donors (Lipinski definition) is 1. The Morgan fingerprint density at radius 1 is 1.60 bits per heavy atom. The lowest BCUT2D eigenvalue weighted by atomic mass is 10.2. The van der Waals surface area contributed by atoms with Gasteiger partial charge < -0.3 is 10.1 Å². The summed E-state index contributed by atoms with van der Waals surface area (Å²) < 4.78 is 5.48. The van der Waals surface area contributed by atoms with E-state index >= 15 is 0 Å². The summed E-state index contributed by atoms with van der Waals surface area (Å²) in [4.78, 5) is 4.48. The van der Waals surface area contributed by atoms with Crippen molar-refractivity contribution >= 4 is 16.9 Å². The molecule has 0 radical (unpaired) electrons. The van der Waals surface area contributed by atoms with Gasteiger partial charge in [-0.3, -0.25) is 4.99 Å². The van der Waals surface area contributed by atoms with E-state index in [-0.39, 0.29) is 0 Å². The smallest absolute Gasteiger partial charge is 0.156 e. The molecule has 0 aromatic carbocycles. The Morgan fingerprint density at radius 2 is 2.40 bits per heavy atom. The molecule has 4 heteroatoms. The van der Waals surface area contributed by atoms with Gasteiger partial charge in [-0.25, -0.2) is 0 Å². The molecule has 0 aliphatic carbocycles. The van der Waals surface area contributed by atoms with Gasteiger partial charge in [0.15, 0.2) is 5.17 Å². The van der Waals surface area contributed by atoms with E-state index in [1.165, 1.54) is 0 Å². The Balaban J connectivity index is 1.97. The van der Waals surface area contributed by atoms with Crippen molar-refractivity contribution in [3.05, 3.63) is 0 Å². The molecule has 0 bridgehead atoms. The molecule has 0 aromatic heterocycles. The number of nitrogens with one attached hydrogen (secondary N) is 1. The average molecular weight is 230 g/mol. The number of hydrogen-bond acceptors (Lipinski definition) is 3. The van der Waals surface area contributed by atoms with E-state index in [0.29, 0.717) is 12.0 Å². The molecule has 1 heterocycles. The SMILES string of the molecule is CC(C)COCCCN=C1NC(C)CS1. The second-order valence-electron chi connectivity index (χ2n) is 4.37. The van der Waals surface area contributed by atoms with Gasteiger partial charge in [-0.2, -0.15) is 0 Å². The number of rotatable bonds is 6. The first-order chi connectivity index (χ1) is 7.18. The van der Waals surface area contributed by atoms with Crippen LogP contribution in [0.4, 0.5) is 0 Å². The second-order valence-corrected chi connectivity index (χ2v) is 5.37. The van der Waals surface area contributed by atoms with Crippen molar-refractivity contribution in [1.82, 2.24) is 5.32 Å². The van der Waals surface area contributed by atoms with Gasteiger partial charge in [-0.1, -0.05) is 25.6 Å². The van der Waals surface area contributed by atoms with Gasteiger partial charge in [0, 0.05) is 31.6 Å². The van der Waals surface area contributed by atoms with Gasteiger partial charge in [0.2, 0.25) is 0 Å². The molecule has 15 heavy (non-hydrogen) atoms. The Kier molecular flexibility index (Phi) is 6.10. The molecule has 1 aliphatic heterocycles. The average Bonchev–Trinajstić information content (AvgIpc) is 2.57. The second kappa shape index (κ2) is 7.12. The van der Waals surface area contributed by atoms with E-state index in [1.807, 2.05) is 11.8 Å². The first kappa shape index (κ1) is 12.8. The van der Waals surface area contributed by atoms with Crippen LogP contribution < -0.4 is 5.32 Å². The highest BCUT2D eigenvalue weighted by Crippen LogP contribution is 2.12. The Hall–Kier alpha value is -0.220. The minimum Gasteiger partial charge on any atom is -0.381 e. The fourth-order valence-corrected chi connectivity index (χ4v) is 2.21. The third-order valence-electron chi connectivity index (χ3n) is 1.99. The molecule has 0 amide bonds. The van der Waals surface area contributed by atoms with E-state index in [1.54, 1.807) is 0 Å². The molecule has 1 rings (SSSR count). The summed E-state index contributed by atoms with van der Waals surface area (Å²) in [5, 5.41) is 4.44. The Morgan fingerprint density at radius 3 is 3.00 bits per heavy atom. The Labute approximate surface area is 97.1 Å². The van der Waals surface area contributed by atoms with Crippen LogP contribution in [-0.4, -0.2) is 36.7 Å². The summed E-state index contributed by atoms with van der Waals surface area (Å²) in [6.07, 6.45) is 1.02. The lowest BCUT2D eigenvalue weighted by Crippen LogP contribution is -2.23. The van der Waals surface area contributed by atoms with E-state index in [4.69, 9.17) is 4.74 Å². The van der Waals surface area contributed by atoms with Crippen LogP contribution in [0.1, 0.15) is 27.2 Å². The van der Waals surface area contributed by atoms with Crippen molar-refractivity contribution in [1.29, 1.82) is 0 Å². The third kappa shape index (κ3) is 6.05. The first-order valence-corrected chi connectivity index (χ1v) is 6.68. The molecule has 0 aromatic rings. The minimum absolute atomic E-state index is 0.575. The largest absolute Gasteiger partial charge is 0.381 e. The fourth-order valence-electron chi connectivity index (χ4n) is 1.26. The quantitative estimate of drug-likeness (QED) is 0.710. The summed E-state index contributed by atoms with van der Waals surface area (Å²) in [6, 6.07) is 0.575. The summed E-state index contributed by atoms with van der Waals surface area (Å²) in [6.45, 7) is 9.08. The molecule has 3 nitrogen and oxygen atoms in total. The highest BCUT2D eigenvalue weighted by atomic mass is 32.2. The van der Waals surface area contributed by atoms with Crippen LogP contribution in [0.25, 0.3) is 0 Å². The van der Waals surface area contributed by atoms with Gasteiger partial charge in [0.05, 0.1) is 0 Å². The number of amidine groups is 1. The van der Waals surface area contributed by atoms with Crippen molar-refractivity contribution in [2.24, 2.45) is 10.9 Å². The Bertz CT molecular complexity index is 207. The van der Waals surface area contributed by atoms with Crippen LogP contribution in [0.5, 0.6) is 0 Å². The lowest BCUT2D eigenvalue weighted by Gasteiger charge is -2.05. The maximum absolute atomic E-state index is 5.48. The molecule has 1 unspecified atom stereocenters. The maximum atomic E-state index is 5.48. The van der Waals surface area contributed by atoms with E-state index in [2.05, 4.69) is 31.1 Å². The van der Waals surface area contributed by atoms with Gasteiger partial charge >= 0.3 is 0 Å². The zero-order valence-electron chi connectivity index (χ0n) is 9.95. The topological polar surface area (TPSA) is 33.6 Å². The fraction of sp³-hybridized carbons (Fsp3) is 0.909. The molecule has 88 valence electrons. The molecule has 0 spiro atoms. The number of thioether (sulfide) groups is 1. The van der Waals surface area contributed by atoms with Crippen molar-refractivity contribution < 1.29 is 4.74 Å². The highest BCUT2D eigenvalue weighted by molar-refractivity contribution is 8.14. The molecule has 1 saturated heterocycles. The minimum atomic E-state index is 0.575. The third-order valence-corrected chi connectivity index (χ3v) is 3.18. The monoisotopic (exact) mass is 230 g/mol. The van der Waals surface area contributed by atoms with Crippen LogP contribution in [0.2, 0.25) is 0 Å². The van der Waals surface area contributed by atoms with Gasteiger partial charge in [-0.05, 0) is 19.3 Å². The van der Waals surface area contributed by atoms with E-state index < -0.39 is 0 Å². The number of ether oxygens (including phenoxy) is 1. The van der Waals surface area contributed by atoms with Gasteiger partial charge in [0.25, 0.3) is 0 Å². The van der Waals surface area contributed by atoms with Crippen LogP contribution in [0, 0.1) is 5.92 Å². The van der Waals surface area contributed by atoms with Crippen molar-refractivity contribution in [3.63, 3.8) is 0 Å². The summed E-state index contributed by atoms with van der Waals surface area (Å²) in [5.74, 6) is 1.77. The molecular weight excluding hydrogens is 208 g/mol. The van der Waals surface area contributed by atoms with Crippen LogP contribution in [-0.2, 0) is 4.74 Å². The molecule has 1 atom stereocenters. The van der Waals surface area contributed by atoms with Crippen LogP contribution in [0.15, 0.2) is 4.99 Å². The van der Waals surface area contributed by atoms with Crippen molar-refractivity contribution in [2.45, 2.75) is 33.2 Å². The predicted octanol–water partition coefficient (Wildman–Crippen LogP) is 2.13. The van der Waals surface area contributed by atoms with Crippen molar-refractivity contribution in [2.75, 3.05) is 25.5 Å². The zero-order chi connectivity index (χ0) is 11.1. The van der Waals surface area contributed by atoms with Crippen LogP contribution >= 0.6 is 11.8 Å². The normalized spacial score (nSPS) is 23.7. The maximum Gasteiger partial charge on any atom is 0.156 e. The number of aliphatic imine (C=N–C) groups is 1. The lowest BCUT2D eigenvalue weighted by molar-refractivity contribution is 0.109. The van der Waals surface area contributed by atoms with E-state index in [9.17, 15) is 0 Å². The molecule has 1 fully saturated rings. The molecule has 0 saturated carbocycles. The summed E-state index contributed by atoms with van der Waals surface area (Å²) >= 11 is 1.82. The molecule has 1 aliphatic rings. The number of nitrogens with zero attached hydrogens (tertiary/aromatic N) is 1. The zero-order valence-corrected chi connectivity index (χ0v) is 10.8. The highest BCUT2D eigenvalue weighted by Gasteiger charge is 2.14. The summed E-state index contributed by atoms with van der Waals surface area (Å²) in [5.41, 5.74) is 0. The predicted molar refractivity (Wildman–Crippen MR) is 67.6 cm³/mol. The van der Waals surface area contributed by atoms with E-state index in [0.717, 1.165) is 37.1 Å². The van der Waals surface area contributed by atoms with Gasteiger partial charge in [-0.15, -0.1) is 0 Å². The molecule has 1 N–H and O–H groups in total. The molecular formula is C11H22N2OS. The van der Waals surface area contributed by atoms with Crippen LogP contribution in [0.3, 0.4) is 0 Å².